The monoisotopic (exact) mass is 359 g/mol. The fourth-order valence-corrected chi connectivity index (χ4v) is 3.84. The molecular formula is C18H25N5OS. The molecule has 6 nitrogen and oxygen atoms in total. The van der Waals surface area contributed by atoms with E-state index in [9.17, 15) is 4.79 Å². The van der Waals surface area contributed by atoms with Gasteiger partial charge in [0, 0.05) is 37.0 Å². The lowest BCUT2D eigenvalue weighted by Crippen LogP contribution is -2.54. The number of thiazole rings is 1. The van der Waals surface area contributed by atoms with Gasteiger partial charge in [-0.1, -0.05) is 13.8 Å². The van der Waals surface area contributed by atoms with Crippen LogP contribution in [0.1, 0.15) is 43.1 Å². The minimum atomic E-state index is 0.155. The Kier molecular flexibility index (Phi) is 5.32. The number of hydrogen-bond acceptors (Lipinski definition) is 6. The number of anilines is 1. The molecule has 3 heterocycles. The van der Waals surface area contributed by atoms with E-state index in [2.05, 4.69) is 40.9 Å². The van der Waals surface area contributed by atoms with E-state index in [0.29, 0.717) is 25.4 Å². The number of carbonyl (C=O) groups excluding carboxylic acids is 1. The highest BCUT2D eigenvalue weighted by Crippen LogP contribution is 2.21. The Labute approximate surface area is 152 Å². The van der Waals surface area contributed by atoms with Crippen LogP contribution in [-0.4, -0.2) is 51.7 Å². The van der Waals surface area contributed by atoms with Crippen LogP contribution in [-0.2, 0) is 11.2 Å². The van der Waals surface area contributed by atoms with Crippen LogP contribution in [0.4, 0.5) is 5.82 Å². The van der Waals surface area contributed by atoms with E-state index in [-0.39, 0.29) is 11.9 Å². The van der Waals surface area contributed by atoms with Crippen molar-refractivity contribution in [3.05, 3.63) is 33.9 Å². The summed E-state index contributed by atoms with van der Waals surface area (Å²) in [4.78, 5) is 21.4. The number of amides is 1. The molecule has 0 aliphatic carbocycles. The predicted octanol–water partition coefficient (Wildman–Crippen LogP) is 2.64. The average Bonchev–Trinajstić information content (AvgIpc) is 3.04. The fourth-order valence-electron chi connectivity index (χ4n) is 3.01. The van der Waals surface area contributed by atoms with Crippen LogP contribution >= 0.6 is 11.3 Å². The minimum absolute atomic E-state index is 0.155. The molecule has 134 valence electrons. The quantitative estimate of drug-likeness (QED) is 0.840. The first-order chi connectivity index (χ1) is 11.9. The summed E-state index contributed by atoms with van der Waals surface area (Å²) >= 11 is 1.64. The van der Waals surface area contributed by atoms with Gasteiger partial charge in [0.2, 0.25) is 5.91 Å². The SMILES string of the molecule is Cc1ccc(N2CCN(C(=O)Cc3csc(C(C)C)n3)C[C@@H]2C)nn1. The van der Waals surface area contributed by atoms with Crippen molar-refractivity contribution in [2.45, 2.75) is 46.1 Å². The molecule has 0 saturated carbocycles. The van der Waals surface area contributed by atoms with Gasteiger partial charge in [-0.25, -0.2) is 4.98 Å². The van der Waals surface area contributed by atoms with Crippen LogP contribution in [0.2, 0.25) is 0 Å². The number of piperazine rings is 1. The van der Waals surface area contributed by atoms with Crippen LogP contribution in [0, 0.1) is 6.92 Å². The summed E-state index contributed by atoms with van der Waals surface area (Å²) in [6.07, 6.45) is 0.389. The lowest BCUT2D eigenvalue weighted by molar-refractivity contribution is -0.131. The van der Waals surface area contributed by atoms with Crippen molar-refractivity contribution in [1.82, 2.24) is 20.1 Å². The first kappa shape index (κ1) is 17.8. The molecule has 0 bridgehead atoms. The molecule has 0 unspecified atom stereocenters. The van der Waals surface area contributed by atoms with Gasteiger partial charge < -0.3 is 9.80 Å². The molecule has 1 fully saturated rings. The summed E-state index contributed by atoms with van der Waals surface area (Å²) in [5.41, 5.74) is 1.80. The Morgan fingerprint density at radius 3 is 2.72 bits per heavy atom. The van der Waals surface area contributed by atoms with Gasteiger partial charge in [0.1, 0.15) is 0 Å². The standard InChI is InChI=1S/C18H25N5OS/c1-12(2)18-19-15(11-25-18)9-17(24)22-7-8-23(14(4)10-22)16-6-5-13(3)20-21-16/h5-6,11-12,14H,7-10H2,1-4H3/t14-/m0/s1. The van der Waals surface area contributed by atoms with Crippen LogP contribution < -0.4 is 4.90 Å². The summed E-state index contributed by atoms with van der Waals surface area (Å²) < 4.78 is 0. The summed E-state index contributed by atoms with van der Waals surface area (Å²) in [7, 11) is 0. The predicted molar refractivity (Wildman–Crippen MR) is 100 cm³/mol. The zero-order chi connectivity index (χ0) is 18.0. The number of carbonyl (C=O) groups is 1. The normalized spacial score (nSPS) is 18.0. The van der Waals surface area contributed by atoms with Crippen molar-refractivity contribution in [3.63, 3.8) is 0 Å². The van der Waals surface area contributed by atoms with Crippen molar-refractivity contribution in [1.29, 1.82) is 0 Å². The van der Waals surface area contributed by atoms with Gasteiger partial charge >= 0.3 is 0 Å². The Balaban J connectivity index is 1.59. The van der Waals surface area contributed by atoms with Gasteiger partial charge in [-0.2, -0.15) is 5.10 Å². The molecule has 25 heavy (non-hydrogen) atoms. The highest BCUT2D eigenvalue weighted by Gasteiger charge is 2.28. The van der Waals surface area contributed by atoms with E-state index in [1.54, 1.807) is 11.3 Å². The van der Waals surface area contributed by atoms with Gasteiger partial charge in [-0.05, 0) is 26.0 Å². The smallest absolute Gasteiger partial charge is 0.228 e. The van der Waals surface area contributed by atoms with Crippen LogP contribution in [0.15, 0.2) is 17.5 Å². The summed E-state index contributed by atoms with van der Waals surface area (Å²) in [5, 5.41) is 11.5. The molecule has 2 aromatic heterocycles. The van der Waals surface area contributed by atoms with Crippen molar-refractivity contribution < 1.29 is 4.79 Å². The van der Waals surface area contributed by atoms with Gasteiger partial charge in [-0.15, -0.1) is 16.4 Å². The number of aryl methyl sites for hydroxylation is 1. The molecule has 0 spiro atoms. The first-order valence-electron chi connectivity index (χ1n) is 8.73. The lowest BCUT2D eigenvalue weighted by Gasteiger charge is -2.40. The number of hydrogen-bond donors (Lipinski definition) is 0. The maximum atomic E-state index is 12.6. The second kappa shape index (κ2) is 7.47. The molecule has 1 aliphatic heterocycles. The second-order valence-corrected chi connectivity index (χ2v) is 7.81. The van der Waals surface area contributed by atoms with Gasteiger partial charge in [-0.3, -0.25) is 4.79 Å². The molecule has 1 amide bonds. The van der Waals surface area contributed by atoms with Gasteiger partial charge in [0.15, 0.2) is 5.82 Å². The summed E-state index contributed by atoms with van der Waals surface area (Å²) in [6, 6.07) is 4.19. The van der Waals surface area contributed by atoms with Crippen molar-refractivity contribution >= 4 is 23.1 Å². The third-order valence-electron chi connectivity index (χ3n) is 4.45. The molecular weight excluding hydrogens is 334 g/mol. The van der Waals surface area contributed by atoms with E-state index in [1.807, 2.05) is 29.3 Å². The Hall–Kier alpha value is -2.02. The largest absolute Gasteiger partial charge is 0.349 e. The van der Waals surface area contributed by atoms with E-state index < -0.39 is 0 Å². The zero-order valence-corrected chi connectivity index (χ0v) is 16.1. The van der Waals surface area contributed by atoms with Crippen molar-refractivity contribution in [2.75, 3.05) is 24.5 Å². The van der Waals surface area contributed by atoms with Gasteiger partial charge in [0.25, 0.3) is 0 Å². The molecule has 0 radical (unpaired) electrons. The molecule has 2 aromatic rings. The average molecular weight is 359 g/mol. The van der Waals surface area contributed by atoms with E-state index in [4.69, 9.17) is 0 Å². The zero-order valence-electron chi connectivity index (χ0n) is 15.3. The van der Waals surface area contributed by atoms with Crippen LogP contribution in [0.5, 0.6) is 0 Å². The van der Waals surface area contributed by atoms with Crippen molar-refractivity contribution in [3.8, 4) is 0 Å². The number of rotatable bonds is 4. The van der Waals surface area contributed by atoms with Gasteiger partial charge in [0.05, 0.1) is 22.8 Å². The van der Waals surface area contributed by atoms with Crippen molar-refractivity contribution in [2.24, 2.45) is 0 Å². The third kappa shape index (κ3) is 4.15. The molecule has 1 atom stereocenters. The highest BCUT2D eigenvalue weighted by atomic mass is 32.1. The first-order valence-corrected chi connectivity index (χ1v) is 9.61. The van der Waals surface area contributed by atoms with E-state index in [1.165, 1.54) is 0 Å². The molecule has 1 aliphatic rings. The molecule has 0 aromatic carbocycles. The third-order valence-corrected chi connectivity index (χ3v) is 5.65. The Morgan fingerprint density at radius 1 is 1.32 bits per heavy atom. The Morgan fingerprint density at radius 2 is 2.12 bits per heavy atom. The second-order valence-electron chi connectivity index (χ2n) is 6.92. The van der Waals surface area contributed by atoms with E-state index >= 15 is 0 Å². The number of aromatic nitrogens is 3. The lowest BCUT2D eigenvalue weighted by atomic mass is 10.1. The maximum Gasteiger partial charge on any atom is 0.228 e. The molecule has 0 N–H and O–H groups in total. The maximum absolute atomic E-state index is 12.6. The molecule has 1 saturated heterocycles. The fraction of sp³-hybridized carbons (Fsp3) is 0.556. The van der Waals surface area contributed by atoms with Crippen LogP contribution in [0.3, 0.4) is 0 Å². The summed E-state index contributed by atoms with van der Waals surface area (Å²) in [6.45, 7) is 10.5. The topological polar surface area (TPSA) is 62.2 Å². The highest BCUT2D eigenvalue weighted by molar-refractivity contribution is 7.09. The van der Waals surface area contributed by atoms with Crippen LogP contribution in [0.25, 0.3) is 0 Å². The number of nitrogens with zero attached hydrogens (tertiary/aromatic N) is 5. The minimum Gasteiger partial charge on any atom is -0.349 e. The van der Waals surface area contributed by atoms with E-state index in [0.717, 1.165) is 28.8 Å². The summed E-state index contributed by atoms with van der Waals surface area (Å²) in [5.74, 6) is 1.45. The molecule has 3 rings (SSSR count). The molecule has 7 heteroatoms. The Bertz CT molecular complexity index is 727.